The first-order valence-electron chi connectivity index (χ1n) is 7.66. The van der Waals surface area contributed by atoms with E-state index in [-0.39, 0.29) is 5.91 Å². The number of amides is 1. The molecule has 0 radical (unpaired) electrons. The fraction of sp³-hybridized carbons (Fsp3) is 0.625. The van der Waals surface area contributed by atoms with Gasteiger partial charge in [0, 0.05) is 26.8 Å². The Kier molecular flexibility index (Phi) is 5.56. The molecule has 0 unspecified atom stereocenters. The van der Waals surface area contributed by atoms with Crippen LogP contribution in [-0.4, -0.2) is 61.5 Å². The number of anilines is 1. The van der Waals surface area contributed by atoms with Gasteiger partial charge in [0.15, 0.2) is 0 Å². The summed E-state index contributed by atoms with van der Waals surface area (Å²) in [5, 5.41) is 3.35. The van der Waals surface area contributed by atoms with Crippen LogP contribution >= 0.6 is 0 Å². The van der Waals surface area contributed by atoms with Crippen molar-refractivity contribution in [1.29, 1.82) is 0 Å². The van der Waals surface area contributed by atoms with Gasteiger partial charge in [0.25, 0.3) is 5.91 Å². The Morgan fingerprint density at radius 3 is 2.67 bits per heavy atom. The van der Waals surface area contributed by atoms with Crippen molar-refractivity contribution in [2.24, 2.45) is 5.92 Å². The fourth-order valence-corrected chi connectivity index (χ4v) is 2.64. The van der Waals surface area contributed by atoms with E-state index in [9.17, 15) is 4.79 Å². The summed E-state index contributed by atoms with van der Waals surface area (Å²) in [7, 11) is 5.68. The first-order valence-corrected chi connectivity index (χ1v) is 7.66. The van der Waals surface area contributed by atoms with Crippen LogP contribution in [-0.2, 0) is 0 Å². The Balaban J connectivity index is 1.75. The molecule has 0 atom stereocenters. The van der Waals surface area contributed by atoms with Crippen molar-refractivity contribution in [2.75, 3.05) is 46.1 Å². The van der Waals surface area contributed by atoms with Gasteiger partial charge in [-0.15, -0.1) is 0 Å². The monoisotopic (exact) mass is 290 g/mol. The second-order valence-corrected chi connectivity index (χ2v) is 6.09. The molecule has 21 heavy (non-hydrogen) atoms. The molecule has 1 aliphatic rings. The van der Waals surface area contributed by atoms with Crippen LogP contribution in [0.25, 0.3) is 0 Å². The molecule has 2 heterocycles. The van der Waals surface area contributed by atoms with Gasteiger partial charge in [0.2, 0.25) is 0 Å². The van der Waals surface area contributed by atoms with Crippen molar-refractivity contribution in [3.63, 3.8) is 0 Å². The SMILES string of the molecule is CN1CCC(CCNc2ccc(C(=O)N(C)C)cn2)CC1. The van der Waals surface area contributed by atoms with Crippen molar-refractivity contribution >= 4 is 11.7 Å². The van der Waals surface area contributed by atoms with Crippen molar-refractivity contribution in [2.45, 2.75) is 19.3 Å². The number of likely N-dealkylation sites (tertiary alicyclic amines) is 1. The molecule has 5 heteroatoms. The fourth-order valence-electron chi connectivity index (χ4n) is 2.64. The number of hydrogen-bond donors (Lipinski definition) is 1. The van der Waals surface area contributed by atoms with E-state index in [0.717, 1.165) is 18.3 Å². The van der Waals surface area contributed by atoms with Gasteiger partial charge in [-0.1, -0.05) is 0 Å². The predicted molar refractivity (Wildman–Crippen MR) is 85.6 cm³/mol. The van der Waals surface area contributed by atoms with Gasteiger partial charge >= 0.3 is 0 Å². The molecule has 0 aromatic carbocycles. The first kappa shape index (κ1) is 15.8. The number of pyridine rings is 1. The zero-order valence-electron chi connectivity index (χ0n) is 13.3. The largest absolute Gasteiger partial charge is 0.370 e. The van der Waals surface area contributed by atoms with Gasteiger partial charge in [-0.2, -0.15) is 0 Å². The van der Waals surface area contributed by atoms with Gasteiger partial charge < -0.3 is 15.1 Å². The third-order valence-corrected chi connectivity index (χ3v) is 4.11. The van der Waals surface area contributed by atoms with Crippen molar-refractivity contribution in [3.05, 3.63) is 23.9 Å². The Hall–Kier alpha value is -1.62. The molecule has 0 saturated carbocycles. The number of carbonyl (C=O) groups is 1. The second-order valence-electron chi connectivity index (χ2n) is 6.09. The number of carbonyl (C=O) groups excluding carboxylic acids is 1. The highest BCUT2D eigenvalue weighted by Crippen LogP contribution is 2.19. The lowest BCUT2D eigenvalue weighted by Gasteiger charge is -2.28. The topological polar surface area (TPSA) is 48.5 Å². The lowest BCUT2D eigenvalue weighted by atomic mass is 9.94. The minimum Gasteiger partial charge on any atom is -0.370 e. The van der Waals surface area contributed by atoms with Crippen molar-refractivity contribution in [1.82, 2.24) is 14.8 Å². The lowest BCUT2D eigenvalue weighted by Crippen LogP contribution is -2.30. The van der Waals surface area contributed by atoms with E-state index >= 15 is 0 Å². The van der Waals surface area contributed by atoms with Gasteiger partial charge in [0.1, 0.15) is 5.82 Å². The normalized spacial score (nSPS) is 16.7. The average Bonchev–Trinajstić information content (AvgIpc) is 2.49. The van der Waals surface area contributed by atoms with Crippen LogP contribution in [0.1, 0.15) is 29.6 Å². The molecule has 5 nitrogen and oxygen atoms in total. The molecule has 0 bridgehead atoms. The highest BCUT2D eigenvalue weighted by Gasteiger charge is 2.16. The van der Waals surface area contributed by atoms with Crippen LogP contribution < -0.4 is 5.32 Å². The summed E-state index contributed by atoms with van der Waals surface area (Å²) >= 11 is 0. The summed E-state index contributed by atoms with van der Waals surface area (Å²) < 4.78 is 0. The number of rotatable bonds is 5. The van der Waals surface area contributed by atoms with Crippen LogP contribution in [0.15, 0.2) is 18.3 Å². The predicted octanol–water partition coefficient (Wildman–Crippen LogP) is 1.93. The van der Waals surface area contributed by atoms with Gasteiger partial charge in [-0.05, 0) is 57.5 Å². The zero-order valence-corrected chi connectivity index (χ0v) is 13.3. The average molecular weight is 290 g/mol. The Bertz CT molecular complexity index is 450. The van der Waals surface area contributed by atoms with Crippen LogP contribution in [0, 0.1) is 5.92 Å². The maximum absolute atomic E-state index is 11.8. The highest BCUT2D eigenvalue weighted by atomic mass is 16.2. The third kappa shape index (κ3) is 4.70. The van der Waals surface area contributed by atoms with E-state index in [1.807, 2.05) is 12.1 Å². The van der Waals surface area contributed by atoms with E-state index < -0.39 is 0 Å². The summed E-state index contributed by atoms with van der Waals surface area (Å²) in [6.07, 6.45) is 5.41. The lowest BCUT2D eigenvalue weighted by molar-refractivity contribution is 0.0827. The molecular weight excluding hydrogens is 264 g/mol. The molecule has 1 N–H and O–H groups in total. The second kappa shape index (κ2) is 7.41. The number of nitrogens with zero attached hydrogens (tertiary/aromatic N) is 3. The molecule has 1 amide bonds. The Labute approximate surface area is 127 Å². The number of hydrogen-bond acceptors (Lipinski definition) is 4. The van der Waals surface area contributed by atoms with Gasteiger partial charge in [0.05, 0.1) is 5.56 Å². The Morgan fingerprint density at radius 1 is 1.38 bits per heavy atom. The van der Waals surface area contributed by atoms with E-state index in [0.29, 0.717) is 5.56 Å². The van der Waals surface area contributed by atoms with E-state index in [1.54, 1.807) is 25.2 Å². The minimum absolute atomic E-state index is 0.0135. The zero-order chi connectivity index (χ0) is 15.2. The maximum Gasteiger partial charge on any atom is 0.254 e. The standard InChI is InChI=1S/C16H26N4O/c1-19(2)16(21)14-4-5-15(18-12-14)17-9-6-13-7-10-20(3)11-8-13/h4-5,12-13H,6-11H2,1-3H3,(H,17,18). The molecule has 0 spiro atoms. The minimum atomic E-state index is -0.0135. The summed E-state index contributed by atoms with van der Waals surface area (Å²) in [4.78, 5) is 20.0. The van der Waals surface area contributed by atoms with E-state index in [4.69, 9.17) is 0 Å². The van der Waals surface area contributed by atoms with Crippen LogP contribution in [0.3, 0.4) is 0 Å². The molecular formula is C16H26N4O. The van der Waals surface area contributed by atoms with Crippen LogP contribution in [0.2, 0.25) is 0 Å². The Morgan fingerprint density at radius 2 is 2.10 bits per heavy atom. The number of piperidine rings is 1. The quantitative estimate of drug-likeness (QED) is 0.900. The van der Waals surface area contributed by atoms with Crippen LogP contribution in [0.4, 0.5) is 5.82 Å². The summed E-state index contributed by atoms with van der Waals surface area (Å²) in [6.45, 7) is 3.37. The molecule has 1 aliphatic heterocycles. The summed E-state index contributed by atoms with van der Waals surface area (Å²) in [5.74, 6) is 1.65. The van der Waals surface area contributed by atoms with Crippen molar-refractivity contribution in [3.8, 4) is 0 Å². The highest BCUT2D eigenvalue weighted by molar-refractivity contribution is 5.93. The van der Waals surface area contributed by atoms with Gasteiger partial charge in [-0.25, -0.2) is 4.98 Å². The van der Waals surface area contributed by atoms with E-state index in [2.05, 4.69) is 22.2 Å². The molecule has 2 rings (SSSR count). The molecule has 116 valence electrons. The van der Waals surface area contributed by atoms with Gasteiger partial charge in [-0.3, -0.25) is 4.79 Å². The third-order valence-electron chi connectivity index (χ3n) is 4.11. The van der Waals surface area contributed by atoms with Crippen LogP contribution in [0.5, 0.6) is 0 Å². The maximum atomic E-state index is 11.8. The summed E-state index contributed by atoms with van der Waals surface area (Å²) in [6, 6.07) is 3.71. The van der Waals surface area contributed by atoms with E-state index in [1.165, 1.54) is 32.4 Å². The molecule has 1 fully saturated rings. The number of nitrogens with one attached hydrogen (secondary N) is 1. The first-order chi connectivity index (χ1) is 10.1. The molecule has 1 aromatic heterocycles. The molecule has 1 saturated heterocycles. The molecule has 1 aromatic rings. The summed E-state index contributed by atoms with van der Waals surface area (Å²) in [5.41, 5.74) is 0.626. The smallest absolute Gasteiger partial charge is 0.254 e. The van der Waals surface area contributed by atoms with Crippen molar-refractivity contribution < 1.29 is 4.79 Å². The number of aromatic nitrogens is 1. The molecule has 0 aliphatic carbocycles.